The van der Waals surface area contributed by atoms with Crippen LogP contribution in [-0.4, -0.2) is 47.3 Å². The van der Waals surface area contributed by atoms with E-state index in [0.717, 1.165) is 16.9 Å². The number of rotatable bonds is 7. The summed E-state index contributed by atoms with van der Waals surface area (Å²) in [5, 5.41) is 21.2. The Hall–Kier alpha value is -3.77. The molecule has 0 bridgehead atoms. The van der Waals surface area contributed by atoms with Crippen molar-refractivity contribution in [2.45, 2.75) is 16.1 Å². The average molecular weight is 643 g/mol. The fraction of sp³-hybridized carbons (Fsp3) is 0.172. The summed E-state index contributed by atoms with van der Waals surface area (Å²) in [5.74, 6) is 0.0399. The number of hydrogen-bond donors (Lipinski definition) is 1. The van der Waals surface area contributed by atoms with E-state index in [-0.39, 0.29) is 16.5 Å². The summed E-state index contributed by atoms with van der Waals surface area (Å²) in [7, 11) is 1.54. The van der Waals surface area contributed by atoms with Crippen LogP contribution in [0, 0.1) is 0 Å². The van der Waals surface area contributed by atoms with Crippen molar-refractivity contribution in [1.82, 2.24) is 10.2 Å². The van der Waals surface area contributed by atoms with Crippen LogP contribution < -0.4 is 19.1 Å². The van der Waals surface area contributed by atoms with E-state index in [2.05, 4.69) is 10.2 Å². The quantitative estimate of drug-likeness (QED) is 0.0790. The highest BCUT2D eigenvalue weighted by Gasteiger charge is 2.48. The van der Waals surface area contributed by atoms with Gasteiger partial charge < -0.3 is 19.3 Å². The van der Waals surface area contributed by atoms with E-state index in [1.165, 1.54) is 16.7 Å². The Balaban J connectivity index is 1.38. The number of nitrogens with zero attached hydrogens (tertiary/aromatic N) is 3. The van der Waals surface area contributed by atoms with Crippen LogP contribution in [0.25, 0.3) is 5.76 Å². The third kappa shape index (κ3) is 5.40. The van der Waals surface area contributed by atoms with E-state index in [9.17, 15) is 14.7 Å². The van der Waals surface area contributed by atoms with Crippen LogP contribution in [-0.2, 0) is 15.3 Å². The Morgan fingerprint density at radius 1 is 1.05 bits per heavy atom. The monoisotopic (exact) mass is 641 g/mol. The number of Topliss-reactive ketones (excluding diaryl/α,β-unsaturated/α-hetero) is 1. The molecule has 1 aromatic heterocycles. The fourth-order valence-corrected chi connectivity index (χ4v) is 7.04. The smallest absolute Gasteiger partial charge is 0.301 e. The number of carbonyl (C=O) groups excluding carboxylic acids is 2. The molecule has 42 heavy (non-hydrogen) atoms. The lowest BCUT2D eigenvalue weighted by molar-refractivity contribution is -0.132. The van der Waals surface area contributed by atoms with Crippen LogP contribution in [0.2, 0.25) is 10.0 Å². The minimum Gasteiger partial charge on any atom is -0.507 e. The number of carbonyl (C=O) groups is 2. The molecule has 13 heteroatoms. The van der Waals surface area contributed by atoms with Crippen LogP contribution in [0.3, 0.4) is 0 Å². The number of fused-ring (bicyclic) bond motifs is 1. The molecule has 1 N–H and O–H groups in total. The Labute approximate surface area is 258 Å². The summed E-state index contributed by atoms with van der Waals surface area (Å²) in [5.41, 5.74) is 1.66. The maximum atomic E-state index is 13.5. The zero-order valence-electron chi connectivity index (χ0n) is 21.9. The van der Waals surface area contributed by atoms with Gasteiger partial charge in [-0.25, -0.2) is 0 Å². The number of thioether (sulfide) groups is 1. The molecule has 0 saturated carbocycles. The van der Waals surface area contributed by atoms with E-state index >= 15 is 0 Å². The second-order valence-corrected chi connectivity index (χ2v) is 12.2. The maximum Gasteiger partial charge on any atom is 0.301 e. The molecule has 1 saturated heterocycles. The van der Waals surface area contributed by atoms with E-state index in [1.54, 1.807) is 61.7 Å². The summed E-state index contributed by atoms with van der Waals surface area (Å²) in [4.78, 5) is 28.3. The first-order valence-corrected chi connectivity index (χ1v) is 15.1. The Morgan fingerprint density at radius 2 is 1.81 bits per heavy atom. The lowest BCUT2D eigenvalue weighted by Crippen LogP contribution is -2.29. The van der Waals surface area contributed by atoms with Gasteiger partial charge in [-0.1, -0.05) is 64.5 Å². The number of aliphatic hydroxyl groups excluding tert-OH is 1. The van der Waals surface area contributed by atoms with Crippen molar-refractivity contribution in [2.75, 3.05) is 25.2 Å². The second kappa shape index (κ2) is 11.8. The number of ether oxygens (including phenoxy) is 3. The van der Waals surface area contributed by atoms with Gasteiger partial charge in [-0.2, -0.15) is 0 Å². The number of aliphatic hydroxyl groups is 1. The SMILES string of the molecule is COc1ccc(C2/C(=C(\O)c3ccc4c(c3)OCCO4)C(=O)C(=O)N2c2nnc(SCc3ccc(Cl)cc3Cl)s2)cc1. The molecule has 0 spiro atoms. The lowest BCUT2D eigenvalue weighted by atomic mass is 9.95. The highest BCUT2D eigenvalue weighted by Crippen LogP contribution is 2.45. The van der Waals surface area contributed by atoms with Crippen molar-refractivity contribution >= 4 is 68.9 Å². The highest BCUT2D eigenvalue weighted by atomic mass is 35.5. The number of benzene rings is 3. The van der Waals surface area contributed by atoms with Gasteiger partial charge >= 0.3 is 5.91 Å². The van der Waals surface area contributed by atoms with Gasteiger partial charge in [0.15, 0.2) is 15.8 Å². The molecule has 1 fully saturated rings. The maximum absolute atomic E-state index is 13.5. The molecule has 9 nitrogen and oxygen atoms in total. The van der Waals surface area contributed by atoms with E-state index in [4.69, 9.17) is 37.4 Å². The second-order valence-electron chi connectivity index (χ2n) is 9.18. The normalized spacial score (nSPS) is 17.5. The third-order valence-corrected chi connectivity index (χ3v) is 9.35. The van der Waals surface area contributed by atoms with Gasteiger partial charge in [0.2, 0.25) is 5.13 Å². The first-order valence-electron chi connectivity index (χ1n) is 12.6. The van der Waals surface area contributed by atoms with Gasteiger partial charge in [-0.3, -0.25) is 14.5 Å². The van der Waals surface area contributed by atoms with Gasteiger partial charge in [-0.05, 0) is 53.6 Å². The summed E-state index contributed by atoms with van der Waals surface area (Å²) < 4.78 is 17.1. The molecular weight excluding hydrogens is 621 g/mol. The van der Waals surface area contributed by atoms with E-state index in [0.29, 0.717) is 61.7 Å². The number of methoxy groups -OCH3 is 1. The Kier molecular flexibility index (Phi) is 8.00. The summed E-state index contributed by atoms with van der Waals surface area (Å²) in [6.07, 6.45) is 0. The Bertz CT molecular complexity index is 1730. The van der Waals surface area contributed by atoms with E-state index < -0.39 is 17.7 Å². The van der Waals surface area contributed by atoms with Crippen molar-refractivity contribution in [2.24, 2.45) is 0 Å². The van der Waals surface area contributed by atoms with Crippen molar-refractivity contribution in [3.05, 3.63) is 93.0 Å². The van der Waals surface area contributed by atoms with Gasteiger partial charge in [-0.15, -0.1) is 10.2 Å². The lowest BCUT2D eigenvalue weighted by Gasteiger charge is -2.23. The van der Waals surface area contributed by atoms with Crippen LogP contribution in [0.1, 0.15) is 22.7 Å². The van der Waals surface area contributed by atoms with Gasteiger partial charge in [0.25, 0.3) is 5.78 Å². The zero-order valence-corrected chi connectivity index (χ0v) is 25.0. The summed E-state index contributed by atoms with van der Waals surface area (Å²) >= 11 is 14.9. The minimum absolute atomic E-state index is 0.0841. The molecule has 2 aliphatic rings. The first kappa shape index (κ1) is 28.4. The molecule has 1 amide bonds. The summed E-state index contributed by atoms with van der Waals surface area (Å²) in [6.45, 7) is 0.769. The molecule has 1 unspecified atom stereocenters. The molecule has 2 aliphatic heterocycles. The Morgan fingerprint density at radius 3 is 2.55 bits per heavy atom. The molecule has 0 radical (unpaired) electrons. The van der Waals surface area contributed by atoms with Crippen LogP contribution >= 0.6 is 46.3 Å². The van der Waals surface area contributed by atoms with Gasteiger partial charge in [0.05, 0.1) is 18.7 Å². The van der Waals surface area contributed by atoms with E-state index in [1.807, 2.05) is 6.07 Å². The fourth-order valence-electron chi connectivity index (χ4n) is 4.61. The number of hydrogen-bond acceptors (Lipinski definition) is 10. The predicted octanol–water partition coefficient (Wildman–Crippen LogP) is 6.54. The highest BCUT2D eigenvalue weighted by molar-refractivity contribution is 8.00. The van der Waals surface area contributed by atoms with Crippen molar-refractivity contribution in [3.63, 3.8) is 0 Å². The predicted molar refractivity (Wildman–Crippen MR) is 161 cm³/mol. The van der Waals surface area contributed by atoms with Gasteiger partial charge in [0.1, 0.15) is 24.7 Å². The molecule has 4 aromatic rings. The number of ketones is 1. The topological polar surface area (TPSA) is 111 Å². The molecule has 214 valence electrons. The number of aromatic nitrogens is 2. The third-order valence-electron chi connectivity index (χ3n) is 6.66. The molecule has 3 heterocycles. The zero-order chi connectivity index (χ0) is 29.4. The molecule has 6 rings (SSSR count). The first-order chi connectivity index (χ1) is 20.3. The number of halogens is 2. The minimum atomic E-state index is -0.972. The number of amides is 1. The largest absolute Gasteiger partial charge is 0.507 e. The molecule has 3 aromatic carbocycles. The summed E-state index contributed by atoms with van der Waals surface area (Å²) in [6, 6.07) is 16.0. The van der Waals surface area contributed by atoms with Crippen molar-refractivity contribution in [3.8, 4) is 17.2 Å². The molecule has 0 aliphatic carbocycles. The molecular formula is C29H21Cl2N3O6S2. The number of anilines is 1. The van der Waals surface area contributed by atoms with Gasteiger partial charge in [0, 0.05) is 21.4 Å². The van der Waals surface area contributed by atoms with Crippen LogP contribution in [0.5, 0.6) is 17.2 Å². The molecule has 1 atom stereocenters. The van der Waals surface area contributed by atoms with Crippen LogP contribution in [0.4, 0.5) is 5.13 Å². The van der Waals surface area contributed by atoms with Crippen molar-refractivity contribution in [1.29, 1.82) is 0 Å². The average Bonchev–Trinajstić information content (AvgIpc) is 3.57. The van der Waals surface area contributed by atoms with Crippen molar-refractivity contribution < 1.29 is 28.9 Å². The standard InChI is InChI=1S/C29H21Cl2N3O6S2/c1-38-19-7-3-15(4-8-19)24-23(25(35)16-5-9-21-22(12-16)40-11-10-39-21)26(36)27(37)34(24)28-32-33-29(42-28)41-14-17-2-6-18(30)13-20(17)31/h2-9,12-13,24,35H,10-11,14H2,1H3/b25-23+. The van der Waals surface area contributed by atoms with Crippen LogP contribution in [0.15, 0.2) is 70.6 Å².